The molecule has 0 aliphatic carbocycles. The average Bonchev–Trinajstić information content (AvgIpc) is 3.39. The van der Waals surface area contributed by atoms with Crippen molar-refractivity contribution in [2.75, 3.05) is 33.2 Å². The third-order valence-electron chi connectivity index (χ3n) is 6.32. The van der Waals surface area contributed by atoms with E-state index in [4.69, 9.17) is 4.98 Å². The maximum Gasteiger partial charge on any atom is 0.125 e. The highest BCUT2D eigenvalue weighted by Crippen LogP contribution is 2.22. The quantitative estimate of drug-likeness (QED) is 0.466. The second kappa shape index (κ2) is 8.84. The first kappa shape index (κ1) is 20.8. The number of likely N-dealkylation sites (N-methyl/N-ethyl adjacent to an activating group) is 1. The van der Waals surface area contributed by atoms with Gasteiger partial charge in [0, 0.05) is 51.9 Å². The van der Waals surface area contributed by atoms with Gasteiger partial charge in [-0.15, -0.1) is 0 Å². The molecule has 1 fully saturated rings. The number of imidazole rings is 1. The van der Waals surface area contributed by atoms with E-state index in [0.29, 0.717) is 6.42 Å². The summed E-state index contributed by atoms with van der Waals surface area (Å²) < 4.78 is 17.8. The molecule has 5 rings (SSSR count). The standard InChI is InChI=1S/C25H29FN6/c1-3-31-24-8-7-19(18-30-13-11-29(2)12-14-30)15-23(24)28-25(31)17-22-9-10-27-32(22)21-6-4-5-20(26)16-21/h4-10,15-16H,3,11-14,17-18H2,1-2H3. The fraction of sp³-hybridized carbons (Fsp3) is 0.360. The number of hydrogen-bond donors (Lipinski definition) is 0. The van der Waals surface area contributed by atoms with Gasteiger partial charge in [-0.3, -0.25) is 4.90 Å². The summed E-state index contributed by atoms with van der Waals surface area (Å²) in [7, 11) is 2.18. The van der Waals surface area contributed by atoms with E-state index in [1.54, 1.807) is 16.9 Å². The molecule has 0 spiro atoms. The Kier molecular flexibility index (Phi) is 5.76. The van der Waals surface area contributed by atoms with Crippen LogP contribution in [0.5, 0.6) is 0 Å². The van der Waals surface area contributed by atoms with Crippen LogP contribution in [0.4, 0.5) is 4.39 Å². The van der Waals surface area contributed by atoms with Crippen molar-refractivity contribution < 1.29 is 4.39 Å². The van der Waals surface area contributed by atoms with E-state index >= 15 is 0 Å². The molecule has 32 heavy (non-hydrogen) atoms. The molecule has 0 radical (unpaired) electrons. The fourth-order valence-electron chi connectivity index (χ4n) is 4.54. The Morgan fingerprint density at radius 2 is 1.84 bits per heavy atom. The van der Waals surface area contributed by atoms with Crippen molar-refractivity contribution in [2.24, 2.45) is 0 Å². The summed E-state index contributed by atoms with van der Waals surface area (Å²) >= 11 is 0. The Morgan fingerprint density at radius 1 is 1.00 bits per heavy atom. The van der Waals surface area contributed by atoms with Gasteiger partial charge in [0.25, 0.3) is 0 Å². The lowest BCUT2D eigenvalue weighted by atomic mass is 10.1. The van der Waals surface area contributed by atoms with Crippen LogP contribution in [0.3, 0.4) is 0 Å². The van der Waals surface area contributed by atoms with E-state index in [-0.39, 0.29) is 5.82 Å². The maximum atomic E-state index is 13.7. The molecular weight excluding hydrogens is 403 g/mol. The van der Waals surface area contributed by atoms with E-state index in [9.17, 15) is 4.39 Å². The Balaban J connectivity index is 1.42. The number of halogens is 1. The smallest absolute Gasteiger partial charge is 0.125 e. The first-order valence-corrected chi connectivity index (χ1v) is 11.3. The van der Waals surface area contributed by atoms with Crippen molar-refractivity contribution in [3.05, 3.63) is 77.6 Å². The third kappa shape index (κ3) is 4.18. The first-order valence-electron chi connectivity index (χ1n) is 11.3. The molecule has 1 aliphatic heterocycles. The monoisotopic (exact) mass is 432 g/mol. The van der Waals surface area contributed by atoms with Crippen LogP contribution in [0.15, 0.2) is 54.7 Å². The molecule has 2 aromatic heterocycles. The van der Waals surface area contributed by atoms with Crippen LogP contribution in [0, 0.1) is 5.82 Å². The number of aromatic nitrogens is 4. The van der Waals surface area contributed by atoms with E-state index in [1.165, 1.54) is 17.7 Å². The van der Waals surface area contributed by atoms with Gasteiger partial charge < -0.3 is 9.47 Å². The number of fused-ring (bicyclic) bond motifs is 1. The van der Waals surface area contributed by atoms with Crippen LogP contribution in [0.2, 0.25) is 0 Å². The number of nitrogens with zero attached hydrogens (tertiary/aromatic N) is 6. The van der Waals surface area contributed by atoms with Crippen molar-refractivity contribution in [3.8, 4) is 5.69 Å². The van der Waals surface area contributed by atoms with E-state index in [0.717, 1.165) is 67.5 Å². The number of hydrogen-bond acceptors (Lipinski definition) is 4. The lowest BCUT2D eigenvalue weighted by molar-refractivity contribution is 0.148. The van der Waals surface area contributed by atoms with Crippen LogP contribution in [-0.2, 0) is 19.5 Å². The summed E-state index contributed by atoms with van der Waals surface area (Å²) in [6, 6.07) is 15.2. The van der Waals surface area contributed by atoms with E-state index in [2.05, 4.69) is 51.6 Å². The molecule has 2 aromatic carbocycles. The lowest BCUT2D eigenvalue weighted by Gasteiger charge is -2.32. The van der Waals surface area contributed by atoms with Gasteiger partial charge in [-0.05, 0) is 55.9 Å². The molecular formula is C25H29FN6. The summed E-state index contributed by atoms with van der Waals surface area (Å²) in [6.45, 7) is 8.40. The molecule has 1 saturated heterocycles. The molecule has 0 N–H and O–H groups in total. The number of rotatable bonds is 6. The van der Waals surface area contributed by atoms with Crippen LogP contribution in [0.25, 0.3) is 16.7 Å². The van der Waals surface area contributed by atoms with Gasteiger partial charge in [0.15, 0.2) is 0 Å². The molecule has 4 aromatic rings. The molecule has 0 unspecified atom stereocenters. The van der Waals surface area contributed by atoms with Crippen LogP contribution >= 0.6 is 0 Å². The minimum atomic E-state index is -0.266. The zero-order chi connectivity index (χ0) is 22.1. The molecule has 0 atom stereocenters. The van der Waals surface area contributed by atoms with E-state index < -0.39 is 0 Å². The van der Waals surface area contributed by atoms with Gasteiger partial charge in [-0.1, -0.05) is 12.1 Å². The van der Waals surface area contributed by atoms with Crippen LogP contribution in [0.1, 0.15) is 24.0 Å². The molecule has 0 bridgehead atoms. The van der Waals surface area contributed by atoms with Gasteiger partial charge in [-0.2, -0.15) is 5.10 Å². The molecule has 0 amide bonds. The van der Waals surface area contributed by atoms with Crippen LogP contribution in [-0.4, -0.2) is 62.4 Å². The zero-order valence-corrected chi connectivity index (χ0v) is 18.7. The van der Waals surface area contributed by atoms with Crippen molar-refractivity contribution in [3.63, 3.8) is 0 Å². The Hall–Kier alpha value is -3.03. The SMILES string of the molecule is CCn1c(Cc2ccnn2-c2cccc(F)c2)nc2cc(CN3CCN(C)CC3)ccc21. The average molecular weight is 433 g/mol. The summed E-state index contributed by atoms with van der Waals surface area (Å²) in [4.78, 5) is 9.89. The Labute approximate surface area is 187 Å². The maximum absolute atomic E-state index is 13.7. The van der Waals surface area contributed by atoms with Gasteiger partial charge in [0.1, 0.15) is 11.6 Å². The number of aryl methyl sites for hydroxylation is 1. The van der Waals surface area contributed by atoms with Crippen molar-refractivity contribution in [2.45, 2.75) is 26.4 Å². The fourth-order valence-corrected chi connectivity index (χ4v) is 4.54. The second-order valence-electron chi connectivity index (χ2n) is 8.57. The predicted octanol–water partition coefficient (Wildman–Crippen LogP) is 3.72. The summed E-state index contributed by atoms with van der Waals surface area (Å²) in [5, 5.41) is 4.42. The minimum Gasteiger partial charge on any atom is -0.328 e. The van der Waals surface area contributed by atoms with Crippen molar-refractivity contribution in [1.29, 1.82) is 0 Å². The zero-order valence-electron chi connectivity index (χ0n) is 18.7. The van der Waals surface area contributed by atoms with E-state index in [1.807, 2.05) is 12.1 Å². The lowest BCUT2D eigenvalue weighted by Crippen LogP contribution is -2.43. The largest absolute Gasteiger partial charge is 0.328 e. The van der Waals surface area contributed by atoms with Gasteiger partial charge >= 0.3 is 0 Å². The Bertz CT molecular complexity index is 1220. The molecule has 6 nitrogen and oxygen atoms in total. The van der Waals surface area contributed by atoms with Crippen LogP contribution < -0.4 is 0 Å². The number of benzene rings is 2. The Morgan fingerprint density at radius 3 is 2.62 bits per heavy atom. The van der Waals surface area contributed by atoms with Gasteiger partial charge in [-0.25, -0.2) is 14.1 Å². The van der Waals surface area contributed by atoms with Gasteiger partial charge in [0.05, 0.1) is 22.4 Å². The normalized spacial score (nSPS) is 15.6. The molecule has 3 heterocycles. The van der Waals surface area contributed by atoms with Gasteiger partial charge in [0.2, 0.25) is 0 Å². The predicted molar refractivity (Wildman–Crippen MR) is 125 cm³/mol. The van der Waals surface area contributed by atoms with Crippen molar-refractivity contribution >= 4 is 11.0 Å². The summed E-state index contributed by atoms with van der Waals surface area (Å²) in [6.07, 6.45) is 2.39. The highest BCUT2D eigenvalue weighted by molar-refractivity contribution is 5.77. The first-order chi connectivity index (χ1) is 15.6. The minimum absolute atomic E-state index is 0.266. The summed E-state index contributed by atoms with van der Waals surface area (Å²) in [5.41, 5.74) is 5.20. The third-order valence-corrected chi connectivity index (χ3v) is 6.32. The second-order valence-corrected chi connectivity index (χ2v) is 8.57. The number of piperazine rings is 1. The topological polar surface area (TPSA) is 42.1 Å². The highest BCUT2D eigenvalue weighted by atomic mass is 19.1. The highest BCUT2D eigenvalue weighted by Gasteiger charge is 2.17. The molecule has 0 saturated carbocycles. The molecule has 7 heteroatoms. The molecule has 1 aliphatic rings. The van der Waals surface area contributed by atoms with Crippen molar-refractivity contribution in [1.82, 2.24) is 29.1 Å². The molecule has 166 valence electrons. The summed E-state index contributed by atoms with van der Waals surface area (Å²) in [5.74, 6) is 0.732.